The van der Waals surface area contributed by atoms with Crippen LogP contribution < -0.4 is 21.6 Å². The fourth-order valence-corrected chi connectivity index (χ4v) is 5.02. The summed E-state index contributed by atoms with van der Waals surface area (Å²) in [6.45, 7) is 1.48. The molecule has 5 rings (SSSR count). The average molecular weight is 392 g/mol. The van der Waals surface area contributed by atoms with E-state index in [1.807, 2.05) is 0 Å². The Labute approximate surface area is 156 Å². The van der Waals surface area contributed by atoms with Crippen LogP contribution in [0.4, 0.5) is 14.5 Å². The number of aromatic nitrogens is 2. The van der Waals surface area contributed by atoms with Crippen molar-refractivity contribution in [2.75, 3.05) is 24.5 Å². The van der Waals surface area contributed by atoms with Gasteiger partial charge in [0.1, 0.15) is 21.7 Å². The molecule has 3 aromatic rings. The van der Waals surface area contributed by atoms with Gasteiger partial charge in [-0.1, -0.05) is 0 Å². The number of anilines is 1. The van der Waals surface area contributed by atoms with Crippen LogP contribution in [0.15, 0.2) is 15.7 Å². The molecule has 0 radical (unpaired) electrons. The molecule has 142 valence electrons. The van der Waals surface area contributed by atoms with Crippen molar-refractivity contribution in [1.29, 1.82) is 0 Å². The summed E-state index contributed by atoms with van der Waals surface area (Å²) in [5, 5.41) is -0.0954. The molecule has 3 heterocycles. The number of H-pyrrole nitrogens is 1. The van der Waals surface area contributed by atoms with Crippen LogP contribution in [-0.4, -0.2) is 28.6 Å². The molecule has 2 fully saturated rings. The number of nitrogens with zero attached hydrogens (tertiary/aromatic N) is 2. The van der Waals surface area contributed by atoms with Crippen molar-refractivity contribution in [3.8, 4) is 0 Å². The molecule has 6 nitrogen and oxygen atoms in total. The number of pyridine rings is 1. The third-order valence-corrected chi connectivity index (χ3v) is 6.51. The summed E-state index contributed by atoms with van der Waals surface area (Å²) < 4.78 is 34.8. The maximum Gasteiger partial charge on any atom is 0.271 e. The summed E-state index contributed by atoms with van der Waals surface area (Å²) in [4.78, 5) is 27.0. The van der Waals surface area contributed by atoms with E-state index >= 15 is 4.39 Å². The van der Waals surface area contributed by atoms with E-state index in [-0.39, 0.29) is 33.9 Å². The van der Waals surface area contributed by atoms with Gasteiger partial charge in [-0.15, -0.1) is 0 Å². The fourth-order valence-electron chi connectivity index (χ4n) is 4.11. The van der Waals surface area contributed by atoms with Gasteiger partial charge in [0, 0.05) is 19.1 Å². The van der Waals surface area contributed by atoms with Gasteiger partial charge >= 0.3 is 0 Å². The second kappa shape index (κ2) is 5.87. The van der Waals surface area contributed by atoms with Crippen molar-refractivity contribution in [2.24, 2.45) is 11.7 Å². The van der Waals surface area contributed by atoms with Gasteiger partial charge in [0.2, 0.25) is 5.43 Å². The maximum atomic E-state index is 15.6. The van der Waals surface area contributed by atoms with Crippen molar-refractivity contribution in [3.05, 3.63) is 38.3 Å². The quantitative estimate of drug-likeness (QED) is 0.716. The third-order valence-electron chi connectivity index (χ3n) is 5.63. The molecule has 1 saturated heterocycles. The van der Waals surface area contributed by atoms with E-state index in [0.29, 0.717) is 24.5 Å². The SMILES string of the molecule is NCC1CCN(c2c(F)cc3c(=O)c4c(=O)[nH]sc4n(C4CC4)c3c2F)C1. The summed E-state index contributed by atoms with van der Waals surface area (Å²) in [5.74, 6) is -1.31. The molecule has 9 heteroatoms. The molecular weight excluding hydrogens is 374 g/mol. The fraction of sp³-hybridized carbons (Fsp3) is 0.444. The number of hydrogen-bond acceptors (Lipinski definition) is 5. The first kappa shape index (κ1) is 16.9. The van der Waals surface area contributed by atoms with Gasteiger partial charge in [-0.3, -0.25) is 14.0 Å². The highest BCUT2D eigenvalue weighted by Gasteiger charge is 2.33. The number of fused-ring (bicyclic) bond motifs is 2. The summed E-state index contributed by atoms with van der Waals surface area (Å²) in [5.41, 5.74) is 4.57. The van der Waals surface area contributed by atoms with Crippen LogP contribution in [-0.2, 0) is 0 Å². The number of rotatable bonds is 3. The Hall–Kier alpha value is -2.26. The molecular formula is C18H18F2N4O2S. The van der Waals surface area contributed by atoms with Crippen LogP contribution in [0.2, 0.25) is 0 Å². The number of aromatic amines is 1. The van der Waals surface area contributed by atoms with Gasteiger partial charge in [0.25, 0.3) is 5.56 Å². The number of halogens is 2. The van der Waals surface area contributed by atoms with E-state index < -0.39 is 22.6 Å². The van der Waals surface area contributed by atoms with Gasteiger partial charge in [-0.2, -0.15) is 0 Å². The second-order valence-corrected chi connectivity index (χ2v) is 8.19. The maximum absolute atomic E-state index is 15.6. The highest BCUT2D eigenvalue weighted by Crippen LogP contribution is 2.42. The second-order valence-electron chi connectivity index (χ2n) is 7.40. The number of benzene rings is 1. The Morgan fingerprint density at radius 2 is 2.04 bits per heavy atom. The summed E-state index contributed by atoms with van der Waals surface area (Å²) in [6.07, 6.45) is 2.45. The molecule has 2 aromatic heterocycles. The highest BCUT2D eigenvalue weighted by molar-refractivity contribution is 7.12. The average Bonchev–Trinajstić information content (AvgIpc) is 3.24. The Morgan fingerprint density at radius 3 is 2.70 bits per heavy atom. The topological polar surface area (TPSA) is 84.1 Å². The zero-order valence-corrected chi connectivity index (χ0v) is 15.2. The first-order valence-electron chi connectivity index (χ1n) is 9.03. The molecule has 1 aromatic carbocycles. The smallest absolute Gasteiger partial charge is 0.271 e. The third kappa shape index (κ3) is 2.37. The van der Waals surface area contributed by atoms with Crippen LogP contribution in [0, 0.1) is 17.6 Å². The standard InChI is InChI=1S/C18H18F2N4O2S/c19-11-5-10-14(13(20)15(11)23-4-3-8(6-21)7-23)24(9-1-2-9)18-12(16(10)25)17(26)22-27-18/h5,8-9H,1-4,6-7,21H2,(H,22,26). The number of nitrogens with one attached hydrogen (secondary N) is 1. The van der Waals surface area contributed by atoms with Gasteiger partial charge in [0.05, 0.1) is 10.9 Å². The van der Waals surface area contributed by atoms with Crippen LogP contribution in [0.5, 0.6) is 0 Å². The lowest BCUT2D eigenvalue weighted by atomic mass is 10.1. The first-order valence-corrected chi connectivity index (χ1v) is 9.85. The Bertz CT molecular complexity index is 1190. The molecule has 1 unspecified atom stereocenters. The molecule has 1 saturated carbocycles. The van der Waals surface area contributed by atoms with Gasteiger partial charge < -0.3 is 15.2 Å². The van der Waals surface area contributed by atoms with Crippen molar-refractivity contribution < 1.29 is 8.78 Å². The Morgan fingerprint density at radius 1 is 1.26 bits per heavy atom. The van der Waals surface area contributed by atoms with E-state index in [4.69, 9.17) is 5.73 Å². The van der Waals surface area contributed by atoms with Gasteiger partial charge in [0.15, 0.2) is 5.82 Å². The minimum Gasteiger partial charge on any atom is -0.366 e. The molecule has 1 atom stereocenters. The van der Waals surface area contributed by atoms with E-state index in [9.17, 15) is 14.0 Å². The monoisotopic (exact) mass is 392 g/mol. The molecule has 3 N–H and O–H groups in total. The van der Waals surface area contributed by atoms with Gasteiger partial charge in [-0.25, -0.2) is 8.78 Å². The van der Waals surface area contributed by atoms with Crippen molar-refractivity contribution in [3.63, 3.8) is 0 Å². The summed E-state index contributed by atoms with van der Waals surface area (Å²) in [7, 11) is 0. The van der Waals surface area contributed by atoms with Crippen LogP contribution >= 0.6 is 11.5 Å². The molecule has 27 heavy (non-hydrogen) atoms. The molecule has 0 amide bonds. The lowest BCUT2D eigenvalue weighted by molar-refractivity contribution is 0.573. The predicted molar refractivity (Wildman–Crippen MR) is 102 cm³/mol. The van der Waals surface area contributed by atoms with Gasteiger partial charge in [-0.05, 0) is 49.3 Å². The Balaban J connectivity index is 1.86. The van der Waals surface area contributed by atoms with E-state index in [1.54, 1.807) is 9.47 Å². The van der Waals surface area contributed by atoms with E-state index in [1.165, 1.54) is 0 Å². The normalized spacial score (nSPS) is 20.3. The predicted octanol–water partition coefficient (Wildman–Crippen LogP) is 2.30. The van der Waals surface area contributed by atoms with Crippen molar-refractivity contribution >= 4 is 38.3 Å². The molecule has 0 spiro atoms. The zero-order chi connectivity index (χ0) is 18.9. The molecule has 2 aliphatic rings. The Kier molecular flexibility index (Phi) is 3.67. The number of nitrogens with two attached hydrogens (primary N) is 1. The largest absolute Gasteiger partial charge is 0.366 e. The molecule has 1 aliphatic heterocycles. The zero-order valence-electron chi connectivity index (χ0n) is 14.4. The van der Waals surface area contributed by atoms with Crippen LogP contribution in [0.3, 0.4) is 0 Å². The molecule has 1 aliphatic carbocycles. The van der Waals surface area contributed by atoms with Crippen molar-refractivity contribution in [2.45, 2.75) is 25.3 Å². The van der Waals surface area contributed by atoms with Crippen molar-refractivity contribution in [1.82, 2.24) is 8.94 Å². The number of hydrogen-bond donors (Lipinski definition) is 2. The highest BCUT2D eigenvalue weighted by atomic mass is 32.1. The van der Waals surface area contributed by atoms with Crippen LogP contribution in [0.1, 0.15) is 25.3 Å². The van der Waals surface area contributed by atoms with E-state index in [0.717, 1.165) is 36.9 Å². The van der Waals surface area contributed by atoms with Crippen LogP contribution in [0.25, 0.3) is 21.1 Å². The molecule has 0 bridgehead atoms. The summed E-state index contributed by atoms with van der Waals surface area (Å²) >= 11 is 1.03. The first-order chi connectivity index (χ1) is 13.0. The minimum absolute atomic E-state index is 0.0182. The lowest BCUT2D eigenvalue weighted by Crippen LogP contribution is -2.25. The lowest BCUT2D eigenvalue weighted by Gasteiger charge is -2.22. The minimum atomic E-state index is -0.775. The van der Waals surface area contributed by atoms with E-state index in [2.05, 4.69) is 4.37 Å². The summed E-state index contributed by atoms with van der Waals surface area (Å²) in [6, 6.07) is 1.10.